The van der Waals surface area contributed by atoms with Crippen molar-refractivity contribution in [3.05, 3.63) is 54.6 Å². The summed E-state index contributed by atoms with van der Waals surface area (Å²) in [5.41, 5.74) is -1.31. The predicted octanol–water partition coefficient (Wildman–Crippen LogP) is 1.32. The van der Waals surface area contributed by atoms with Crippen molar-refractivity contribution in [1.82, 2.24) is 9.13 Å². The second-order valence-corrected chi connectivity index (χ2v) is 5.26. The number of ether oxygens (including phenoxy) is 1. The van der Waals surface area contributed by atoms with Crippen LogP contribution in [-0.4, -0.2) is 15.4 Å². The van der Waals surface area contributed by atoms with E-state index in [4.69, 9.17) is 10.00 Å². The van der Waals surface area contributed by atoms with E-state index in [-0.39, 0.29) is 17.2 Å². The number of hydrogen-bond donors (Lipinski definition) is 0. The van der Waals surface area contributed by atoms with Gasteiger partial charge in [0.15, 0.2) is 11.8 Å². The van der Waals surface area contributed by atoms with Crippen LogP contribution in [0.15, 0.2) is 32.3 Å². The summed E-state index contributed by atoms with van der Waals surface area (Å²) in [7, 11) is 2.66. The van der Waals surface area contributed by atoms with Crippen molar-refractivity contribution in [3.63, 3.8) is 0 Å². The lowest BCUT2D eigenvalue weighted by Gasteiger charge is -2.13. The Hall–Kier alpha value is -2.66. The number of carbonyl (C=O) groups excluding carboxylic acids is 1. The Bertz CT molecular complexity index is 921. The average Bonchev–Trinajstić information content (AvgIpc) is 2.52. The van der Waals surface area contributed by atoms with Crippen LogP contribution in [0.5, 0.6) is 11.6 Å². The van der Waals surface area contributed by atoms with Crippen LogP contribution in [-0.2, 0) is 14.1 Å². The van der Waals surface area contributed by atoms with E-state index in [9.17, 15) is 14.4 Å². The minimum absolute atomic E-state index is 0.172. The first-order chi connectivity index (χ1) is 10.4. The van der Waals surface area contributed by atoms with Gasteiger partial charge in [0.05, 0.1) is 0 Å². The minimum Gasteiger partial charge on any atom is -0.439 e. The number of nitriles is 1. The number of aromatic nitrogens is 2. The quantitative estimate of drug-likeness (QED) is 0.766. The maximum atomic E-state index is 11.9. The third-order valence-corrected chi connectivity index (χ3v) is 3.75. The van der Waals surface area contributed by atoms with E-state index in [1.54, 1.807) is 18.2 Å². The van der Waals surface area contributed by atoms with E-state index in [1.807, 2.05) is 0 Å². The first kappa shape index (κ1) is 15.7. The van der Waals surface area contributed by atoms with Crippen LogP contribution >= 0.6 is 15.9 Å². The third-order valence-electron chi connectivity index (χ3n) is 3.03. The highest BCUT2D eigenvalue weighted by Crippen LogP contribution is 2.26. The van der Waals surface area contributed by atoms with Gasteiger partial charge in [-0.2, -0.15) is 5.26 Å². The van der Waals surface area contributed by atoms with Gasteiger partial charge in [-0.1, -0.05) is 15.9 Å². The summed E-state index contributed by atoms with van der Waals surface area (Å²) in [5.74, 6) is 0.0554. The number of halogens is 1. The van der Waals surface area contributed by atoms with Crippen molar-refractivity contribution < 1.29 is 9.53 Å². The number of carbonyl (C=O) groups is 1. The molecule has 2 rings (SSSR count). The van der Waals surface area contributed by atoms with Gasteiger partial charge in [-0.15, -0.1) is 0 Å². The third kappa shape index (κ3) is 2.58. The molecule has 0 saturated carbocycles. The summed E-state index contributed by atoms with van der Waals surface area (Å²) < 4.78 is 7.95. The van der Waals surface area contributed by atoms with Crippen molar-refractivity contribution in [2.45, 2.75) is 0 Å². The Morgan fingerprint density at radius 3 is 2.55 bits per heavy atom. The zero-order valence-corrected chi connectivity index (χ0v) is 13.2. The second-order valence-electron chi connectivity index (χ2n) is 4.40. The van der Waals surface area contributed by atoms with Crippen LogP contribution in [0.1, 0.15) is 15.9 Å². The predicted molar refractivity (Wildman–Crippen MR) is 81.2 cm³/mol. The normalized spacial score (nSPS) is 10.1. The number of hydrogen-bond acceptors (Lipinski definition) is 5. The van der Waals surface area contributed by atoms with Crippen LogP contribution in [0, 0.1) is 11.3 Å². The monoisotopic (exact) mass is 363 g/mol. The molecule has 0 spiro atoms. The molecule has 7 nitrogen and oxygen atoms in total. The number of nitrogens with zero attached hydrogens (tertiary/aromatic N) is 3. The van der Waals surface area contributed by atoms with Crippen LogP contribution in [0.2, 0.25) is 0 Å². The summed E-state index contributed by atoms with van der Waals surface area (Å²) in [6, 6.07) is 6.30. The number of aldehydes is 1. The molecule has 0 bridgehead atoms. The Kier molecular flexibility index (Phi) is 4.28. The fourth-order valence-electron chi connectivity index (χ4n) is 1.83. The Labute approximate surface area is 133 Å². The minimum atomic E-state index is -0.742. The summed E-state index contributed by atoms with van der Waals surface area (Å²) >= 11 is 3.20. The molecular weight excluding hydrogens is 354 g/mol. The molecule has 0 amide bonds. The second kappa shape index (κ2) is 5.99. The Morgan fingerprint density at radius 2 is 1.95 bits per heavy atom. The molecule has 0 aliphatic carbocycles. The Balaban J connectivity index is 2.65. The summed E-state index contributed by atoms with van der Waals surface area (Å²) in [6.45, 7) is 0. The van der Waals surface area contributed by atoms with Gasteiger partial charge in [-0.05, 0) is 18.2 Å². The SMILES string of the molecule is Cn1c(Oc2ccc(Br)c(C=O)c2)c(C#N)c(=O)n(C)c1=O. The van der Waals surface area contributed by atoms with Crippen molar-refractivity contribution in [1.29, 1.82) is 5.26 Å². The van der Waals surface area contributed by atoms with Crippen LogP contribution < -0.4 is 16.0 Å². The molecule has 0 N–H and O–H groups in total. The maximum Gasteiger partial charge on any atom is 0.333 e. The van der Waals surface area contributed by atoms with Gasteiger partial charge in [0.1, 0.15) is 11.8 Å². The number of benzene rings is 1. The molecule has 2 aromatic rings. The van der Waals surface area contributed by atoms with E-state index in [0.717, 1.165) is 9.13 Å². The molecule has 0 fully saturated rings. The largest absolute Gasteiger partial charge is 0.439 e. The molecule has 8 heteroatoms. The van der Waals surface area contributed by atoms with E-state index in [2.05, 4.69) is 15.9 Å². The highest BCUT2D eigenvalue weighted by molar-refractivity contribution is 9.10. The lowest BCUT2D eigenvalue weighted by atomic mass is 10.2. The average molecular weight is 364 g/mol. The van der Waals surface area contributed by atoms with Gasteiger partial charge in [-0.25, -0.2) is 4.79 Å². The summed E-state index contributed by atoms with van der Waals surface area (Å²) in [6.07, 6.45) is 0.630. The van der Waals surface area contributed by atoms with Gasteiger partial charge >= 0.3 is 5.69 Å². The highest BCUT2D eigenvalue weighted by Gasteiger charge is 2.17. The molecule has 0 saturated heterocycles. The van der Waals surface area contributed by atoms with Crippen LogP contribution in [0.4, 0.5) is 0 Å². The fourth-order valence-corrected chi connectivity index (χ4v) is 2.17. The highest BCUT2D eigenvalue weighted by atomic mass is 79.9. The van der Waals surface area contributed by atoms with Crippen LogP contribution in [0.25, 0.3) is 0 Å². The molecule has 1 heterocycles. The molecule has 1 aromatic carbocycles. The Morgan fingerprint density at radius 1 is 1.27 bits per heavy atom. The molecule has 0 aliphatic rings. The molecule has 0 atom stereocenters. The first-order valence-corrected chi connectivity index (χ1v) is 6.82. The van der Waals surface area contributed by atoms with Gasteiger partial charge in [0, 0.05) is 24.1 Å². The lowest BCUT2D eigenvalue weighted by Crippen LogP contribution is -2.38. The maximum absolute atomic E-state index is 11.9. The molecule has 1 aromatic heterocycles. The van der Waals surface area contributed by atoms with E-state index < -0.39 is 11.2 Å². The molecule has 112 valence electrons. The van der Waals surface area contributed by atoms with Crippen molar-refractivity contribution in [3.8, 4) is 17.7 Å². The molecule has 22 heavy (non-hydrogen) atoms. The molecular formula is C14H10BrN3O4. The van der Waals surface area contributed by atoms with Gasteiger partial charge in [0.2, 0.25) is 5.88 Å². The molecule has 0 radical (unpaired) electrons. The molecule has 0 unspecified atom stereocenters. The summed E-state index contributed by atoms with van der Waals surface area (Å²) in [4.78, 5) is 34.8. The zero-order valence-electron chi connectivity index (χ0n) is 11.7. The van der Waals surface area contributed by atoms with E-state index in [1.165, 1.54) is 20.2 Å². The topological polar surface area (TPSA) is 94.1 Å². The molecule has 0 aliphatic heterocycles. The summed E-state index contributed by atoms with van der Waals surface area (Å²) in [5, 5.41) is 9.14. The van der Waals surface area contributed by atoms with E-state index >= 15 is 0 Å². The standard InChI is InChI=1S/C14H10BrN3O4/c1-17-12(20)10(6-16)13(18(2)14(17)21)22-9-3-4-11(15)8(5-9)7-19/h3-5,7H,1-2H3. The fraction of sp³-hybridized carbons (Fsp3) is 0.143. The lowest BCUT2D eigenvalue weighted by molar-refractivity contribution is 0.112. The van der Waals surface area contributed by atoms with Gasteiger partial charge in [0.25, 0.3) is 5.56 Å². The van der Waals surface area contributed by atoms with Crippen molar-refractivity contribution in [2.24, 2.45) is 14.1 Å². The van der Waals surface area contributed by atoms with E-state index in [0.29, 0.717) is 16.3 Å². The van der Waals surface area contributed by atoms with Gasteiger partial charge in [-0.3, -0.25) is 18.7 Å². The van der Waals surface area contributed by atoms with Crippen LogP contribution in [0.3, 0.4) is 0 Å². The smallest absolute Gasteiger partial charge is 0.333 e. The van der Waals surface area contributed by atoms with Gasteiger partial charge < -0.3 is 4.74 Å². The number of rotatable bonds is 3. The van der Waals surface area contributed by atoms with Crippen molar-refractivity contribution in [2.75, 3.05) is 0 Å². The van der Waals surface area contributed by atoms with Crippen molar-refractivity contribution >= 4 is 22.2 Å². The first-order valence-electron chi connectivity index (χ1n) is 6.03. The zero-order chi connectivity index (χ0) is 16.4.